The third kappa shape index (κ3) is 41.3. The minimum Gasteiger partial charge on any atom is -0.394 e. The Kier molecular flexibility index (Phi) is 56.0. The van der Waals surface area contributed by atoms with Crippen LogP contribution in [0, 0.1) is 0 Å². The highest BCUT2D eigenvalue weighted by molar-refractivity contribution is 5.76. The summed E-state index contributed by atoms with van der Waals surface area (Å²) < 4.78 is 34.4. The van der Waals surface area contributed by atoms with Gasteiger partial charge in [-0.25, -0.2) is 0 Å². The first kappa shape index (κ1) is 91.0. The summed E-state index contributed by atoms with van der Waals surface area (Å²) in [5, 5.41) is 121. The van der Waals surface area contributed by atoms with Crippen molar-refractivity contribution in [3.63, 3.8) is 0 Å². The Hall–Kier alpha value is -2.25. The number of amides is 1. The lowest BCUT2D eigenvalue weighted by Gasteiger charge is -2.48. The van der Waals surface area contributed by atoms with E-state index < -0.39 is 124 Å². The summed E-state index contributed by atoms with van der Waals surface area (Å²) in [4.78, 5) is 13.5. The molecule has 19 heteroatoms. The van der Waals surface area contributed by atoms with Crippen LogP contribution < -0.4 is 5.32 Å². The second-order valence-corrected chi connectivity index (χ2v) is 28.9. The molecule has 3 aliphatic heterocycles. The zero-order valence-electron chi connectivity index (χ0n) is 62.0. The van der Waals surface area contributed by atoms with Gasteiger partial charge in [0.05, 0.1) is 38.6 Å². The van der Waals surface area contributed by atoms with Gasteiger partial charge in [-0.2, -0.15) is 0 Å². The number of allylic oxidation sites excluding steroid dienone is 7. The highest BCUT2D eigenvalue weighted by Gasteiger charge is 2.54. The summed E-state index contributed by atoms with van der Waals surface area (Å²) in [6.07, 6.45) is 49.7. The summed E-state index contributed by atoms with van der Waals surface area (Å²) >= 11 is 0. The van der Waals surface area contributed by atoms with Gasteiger partial charge < -0.3 is 89.9 Å². The van der Waals surface area contributed by atoms with Crippen molar-refractivity contribution in [3.05, 3.63) is 48.6 Å². The number of rotatable bonds is 64. The van der Waals surface area contributed by atoms with Crippen LogP contribution in [-0.4, -0.2) is 193 Å². The molecule has 3 heterocycles. The molecule has 19 nitrogen and oxygen atoms in total. The number of carbonyl (C=O) groups excluding carboxylic acids is 1. The van der Waals surface area contributed by atoms with Gasteiger partial charge in [-0.3, -0.25) is 4.79 Å². The quantitative estimate of drug-likeness (QED) is 0.0199. The molecule has 99 heavy (non-hydrogen) atoms. The average Bonchev–Trinajstić information content (AvgIpc) is 0.784. The summed E-state index contributed by atoms with van der Waals surface area (Å²) in [7, 11) is 0. The number of hydrogen-bond acceptors (Lipinski definition) is 18. The molecular formula is C80H147NO18. The minimum atomic E-state index is -1.98. The largest absolute Gasteiger partial charge is 0.394 e. The Morgan fingerprint density at radius 1 is 0.364 bits per heavy atom. The van der Waals surface area contributed by atoms with Crippen LogP contribution in [0.25, 0.3) is 0 Å². The summed E-state index contributed by atoms with van der Waals surface area (Å²) in [6.45, 7) is 1.74. The van der Waals surface area contributed by atoms with E-state index in [0.29, 0.717) is 12.8 Å². The van der Waals surface area contributed by atoms with E-state index in [0.717, 1.165) is 44.9 Å². The van der Waals surface area contributed by atoms with E-state index in [1.165, 1.54) is 244 Å². The van der Waals surface area contributed by atoms with Crippen molar-refractivity contribution < 1.29 is 89.4 Å². The molecule has 3 aliphatic rings. The highest BCUT2D eigenvalue weighted by Crippen LogP contribution is 2.33. The highest BCUT2D eigenvalue weighted by atomic mass is 16.8. The number of hydrogen-bond donors (Lipinski definition) is 12. The van der Waals surface area contributed by atoms with Crippen molar-refractivity contribution >= 4 is 5.91 Å². The molecule has 580 valence electrons. The lowest BCUT2D eigenvalue weighted by molar-refractivity contribution is -0.379. The minimum absolute atomic E-state index is 0.239. The SMILES string of the molecule is CCCCCCC/C=C\C/C=C\CCCCCCCCCCCCCCCCCCCCCCCCCC(=O)NC(COC1OC(CO)C(OC2OC(CO)C(OC3OC(CO)C(O)C(O)C3O)C(O)C2O)C(O)C1O)C(O)/C=C/CC/C=C/CCCCCCCCCCCCCCC. The third-order valence-electron chi connectivity index (χ3n) is 20.1. The van der Waals surface area contributed by atoms with Gasteiger partial charge in [-0.1, -0.05) is 300 Å². The standard InChI is InChI=1S/C80H147NO18/c1-3-5-7-9-11-13-15-17-19-21-23-24-25-26-27-28-29-30-31-32-33-34-35-36-37-38-40-42-44-46-48-50-52-54-56-58-68(86)81-63(64(85)57-55-53-51-49-47-45-43-41-39-22-20-18-16-14-12-10-8-6-4-2)62-94-78-74(92)71(89)76(66(60-83)96-78)99-80-75(93)72(90)77(67(61-84)97-80)98-79-73(91)70(88)69(87)65(59-82)95-79/h15,17,21,23,47,49,55,57,63-67,69-80,82-85,87-93H,3-14,16,18-20,22,24-46,48,50-54,56,58-62H2,1-2H3,(H,81,86)/b17-15-,23-21-,49-47+,57-55+. The van der Waals surface area contributed by atoms with Crippen LogP contribution in [0.3, 0.4) is 0 Å². The molecule has 1 amide bonds. The monoisotopic (exact) mass is 1410 g/mol. The number of nitrogens with one attached hydrogen (secondary N) is 1. The molecule has 0 aliphatic carbocycles. The van der Waals surface area contributed by atoms with Crippen LogP contribution in [0.4, 0.5) is 0 Å². The van der Waals surface area contributed by atoms with E-state index in [1.54, 1.807) is 6.08 Å². The zero-order valence-corrected chi connectivity index (χ0v) is 62.0. The van der Waals surface area contributed by atoms with Gasteiger partial charge in [-0.15, -0.1) is 0 Å². The van der Waals surface area contributed by atoms with Crippen LogP contribution >= 0.6 is 0 Å². The lowest BCUT2D eigenvalue weighted by Crippen LogP contribution is -2.66. The van der Waals surface area contributed by atoms with Crippen molar-refractivity contribution in [1.29, 1.82) is 0 Å². The molecule has 0 bridgehead atoms. The molecule has 0 aromatic rings. The van der Waals surface area contributed by atoms with Gasteiger partial charge in [0.2, 0.25) is 5.91 Å². The molecule has 0 radical (unpaired) electrons. The van der Waals surface area contributed by atoms with Crippen molar-refractivity contribution in [1.82, 2.24) is 5.32 Å². The maximum atomic E-state index is 13.5. The second kappa shape index (κ2) is 61.0. The van der Waals surface area contributed by atoms with Crippen molar-refractivity contribution in [3.8, 4) is 0 Å². The van der Waals surface area contributed by atoms with Gasteiger partial charge in [0.15, 0.2) is 18.9 Å². The predicted molar refractivity (Wildman–Crippen MR) is 392 cm³/mol. The van der Waals surface area contributed by atoms with Crippen molar-refractivity contribution in [2.45, 2.75) is 426 Å². The smallest absolute Gasteiger partial charge is 0.220 e. The molecule has 0 aromatic carbocycles. The van der Waals surface area contributed by atoms with E-state index in [1.807, 2.05) is 6.08 Å². The maximum Gasteiger partial charge on any atom is 0.220 e. The Balaban J connectivity index is 1.34. The van der Waals surface area contributed by atoms with Crippen molar-refractivity contribution in [2.75, 3.05) is 26.4 Å². The number of aliphatic hydroxyl groups excluding tert-OH is 11. The van der Waals surface area contributed by atoms with E-state index in [4.69, 9.17) is 28.4 Å². The summed E-state index contributed by atoms with van der Waals surface area (Å²) in [6, 6.07) is -0.990. The fraction of sp³-hybridized carbons (Fsp3) is 0.887. The molecule has 17 unspecified atom stereocenters. The van der Waals surface area contributed by atoms with Crippen LogP contribution in [0.2, 0.25) is 0 Å². The fourth-order valence-corrected chi connectivity index (χ4v) is 13.6. The Bertz CT molecular complexity index is 1980. The van der Waals surface area contributed by atoms with Crippen LogP contribution in [0.1, 0.15) is 322 Å². The number of ether oxygens (including phenoxy) is 6. The Morgan fingerprint density at radius 2 is 0.677 bits per heavy atom. The van der Waals surface area contributed by atoms with E-state index in [-0.39, 0.29) is 18.9 Å². The van der Waals surface area contributed by atoms with Gasteiger partial charge >= 0.3 is 0 Å². The van der Waals surface area contributed by atoms with E-state index in [2.05, 4.69) is 55.6 Å². The first-order chi connectivity index (χ1) is 48.3. The molecule has 12 N–H and O–H groups in total. The lowest BCUT2D eigenvalue weighted by atomic mass is 9.96. The fourth-order valence-electron chi connectivity index (χ4n) is 13.6. The van der Waals surface area contributed by atoms with Gasteiger partial charge in [0, 0.05) is 6.42 Å². The maximum absolute atomic E-state index is 13.5. The molecule has 3 fully saturated rings. The van der Waals surface area contributed by atoms with E-state index in [9.17, 15) is 61.0 Å². The Labute approximate surface area is 599 Å². The van der Waals surface area contributed by atoms with Gasteiger partial charge in [-0.05, 0) is 64.2 Å². The number of aliphatic hydroxyl groups is 11. The second-order valence-electron chi connectivity index (χ2n) is 28.9. The van der Waals surface area contributed by atoms with Crippen LogP contribution in [0.5, 0.6) is 0 Å². The summed E-state index contributed by atoms with van der Waals surface area (Å²) in [5.74, 6) is -0.280. The molecule has 0 aromatic heterocycles. The average molecular weight is 1410 g/mol. The number of unbranched alkanes of at least 4 members (excludes halogenated alkanes) is 42. The van der Waals surface area contributed by atoms with E-state index >= 15 is 0 Å². The first-order valence-corrected chi connectivity index (χ1v) is 40.4. The van der Waals surface area contributed by atoms with Crippen LogP contribution in [-0.2, 0) is 33.2 Å². The summed E-state index contributed by atoms with van der Waals surface area (Å²) in [5.41, 5.74) is 0. The zero-order chi connectivity index (χ0) is 71.8. The van der Waals surface area contributed by atoms with Gasteiger partial charge in [0.25, 0.3) is 0 Å². The van der Waals surface area contributed by atoms with Crippen LogP contribution in [0.15, 0.2) is 48.6 Å². The van der Waals surface area contributed by atoms with Crippen molar-refractivity contribution in [2.24, 2.45) is 0 Å². The predicted octanol–water partition coefficient (Wildman–Crippen LogP) is 13.3. The Morgan fingerprint density at radius 3 is 1.07 bits per heavy atom. The number of carbonyl (C=O) groups is 1. The normalized spacial score (nSPS) is 26.8. The molecular weight excluding hydrogens is 1260 g/mol. The third-order valence-corrected chi connectivity index (χ3v) is 20.1. The molecule has 17 atom stereocenters. The van der Waals surface area contributed by atoms with Gasteiger partial charge in [0.1, 0.15) is 73.2 Å². The molecule has 0 spiro atoms. The topological polar surface area (TPSA) is 307 Å². The first-order valence-electron chi connectivity index (χ1n) is 40.4. The molecule has 3 saturated heterocycles. The molecule has 0 saturated carbocycles. The molecule has 3 rings (SSSR count).